The van der Waals surface area contributed by atoms with E-state index in [1.54, 1.807) is 19.1 Å². The van der Waals surface area contributed by atoms with Crippen LogP contribution in [0.15, 0.2) is 30.3 Å². The molecule has 30 heavy (non-hydrogen) atoms. The monoisotopic (exact) mass is 456 g/mol. The van der Waals surface area contributed by atoms with Gasteiger partial charge in [0.05, 0.1) is 40.4 Å². The molecule has 2 aromatic rings. The molecule has 0 aromatic heterocycles. The van der Waals surface area contributed by atoms with Crippen LogP contribution in [0.4, 0.5) is 11.4 Å². The number of ether oxygens (including phenoxy) is 3. The van der Waals surface area contributed by atoms with Gasteiger partial charge in [-0.3, -0.25) is 14.9 Å². The lowest BCUT2D eigenvalue weighted by molar-refractivity contribution is -0.385. The van der Waals surface area contributed by atoms with Gasteiger partial charge in [-0.15, -0.1) is 0 Å². The number of nitrogens with one attached hydrogen (secondary N) is 1. The molecule has 0 aliphatic heterocycles. The van der Waals surface area contributed by atoms with Crippen LogP contribution in [0.1, 0.15) is 24.2 Å². The zero-order valence-electron chi connectivity index (χ0n) is 16.2. The van der Waals surface area contributed by atoms with Gasteiger partial charge in [-0.25, -0.2) is 4.79 Å². The van der Waals surface area contributed by atoms with Crippen molar-refractivity contribution in [2.24, 2.45) is 0 Å². The summed E-state index contributed by atoms with van der Waals surface area (Å²) in [5.41, 5.74) is -0.707. The first-order valence-electron chi connectivity index (χ1n) is 8.64. The van der Waals surface area contributed by atoms with Crippen molar-refractivity contribution in [1.29, 1.82) is 0 Å². The highest BCUT2D eigenvalue weighted by molar-refractivity contribution is 6.44. The first-order valence-corrected chi connectivity index (χ1v) is 9.40. The summed E-state index contributed by atoms with van der Waals surface area (Å²) in [5.74, 6) is -1.57. The number of carbonyl (C=O) groups is 2. The molecule has 0 aliphatic rings. The highest BCUT2D eigenvalue weighted by atomic mass is 35.5. The number of carbonyl (C=O) groups excluding carboxylic acids is 2. The largest absolute Gasteiger partial charge is 0.493 e. The number of amides is 1. The Morgan fingerprint density at radius 1 is 1.23 bits per heavy atom. The van der Waals surface area contributed by atoms with Crippen LogP contribution in [0, 0.1) is 10.1 Å². The summed E-state index contributed by atoms with van der Waals surface area (Å²) in [4.78, 5) is 35.6. The normalized spacial score (nSPS) is 11.4. The van der Waals surface area contributed by atoms with Crippen molar-refractivity contribution in [3.63, 3.8) is 0 Å². The average molecular weight is 457 g/mol. The summed E-state index contributed by atoms with van der Waals surface area (Å²) in [6.45, 7) is 3.24. The van der Waals surface area contributed by atoms with Gasteiger partial charge in [-0.2, -0.15) is 0 Å². The van der Waals surface area contributed by atoms with Gasteiger partial charge in [-0.1, -0.05) is 29.3 Å². The summed E-state index contributed by atoms with van der Waals surface area (Å²) in [6.07, 6.45) is -1.29. The molecular formula is C19H18Cl2N2O7. The van der Waals surface area contributed by atoms with Crippen LogP contribution in [0.3, 0.4) is 0 Å². The summed E-state index contributed by atoms with van der Waals surface area (Å²) in [6, 6.07) is 6.83. The first kappa shape index (κ1) is 23.2. The number of nitrogens with zero attached hydrogens (tertiary/aromatic N) is 1. The van der Waals surface area contributed by atoms with Crippen LogP contribution < -0.4 is 14.8 Å². The highest BCUT2D eigenvalue weighted by Gasteiger charge is 2.28. The molecule has 1 unspecified atom stereocenters. The Morgan fingerprint density at radius 3 is 2.53 bits per heavy atom. The van der Waals surface area contributed by atoms with Crippen molar-refractivity contribution in [2.75, 3.05) is 19.0 Å². The lowest BCUT2D eigenvalue weighted by Crippen LogP contribution is -2.30. The van der Waals surface area contributed by atoms with Crippen molar-refractivity contribution in [1.82, 2.24) is 0 Å². The molecule has 2 rings (SSSR count). The van der Waals surface area contributed by atoms with Gasteiger partial charge in [0.15, 0.2) is 17.6 Å². The molecule has 0 fully saturated rings. The maximum atomic E-state index is 12.5. The van der Waals surface area contributed by atoms with Crippen LogP contribution in [0.2, 0.25) is 10.0 Å². The number of benzene rings is 2. The molecule has 11 heteroatoms. The second kappa shape index (κ2) is 10.1. The van der Waals surface area contributed by atoms with Gasteiger partial charge in [0, 0.05) is 6.07 Å². The molecular weight excluding hydrogens is 439 g/mol. The van der Waals surface area contributed by atoms with Crippen molar-refractivity contribution < 1.29 is 28.7 Å². The van der Waals surface area contributed by atoms with E-state index in [1.807, 2.05) is 0 Å². The van der Waals surface area contributed by atoms with Crippen molar-refractivity contribution >= 4 is 46.5 Å². The zero-order valence-corrected chi connectivity index (χ0v) is 17.7. The lowest BCUT2D eigenvalue weighted by atomic mass is 10.1. The molecule has 160 valence electrons. The third-order valence-corrected chi connectivity index (χ3v) is 4.68. The predicted molar refractivity (Wildman–Crippen MR) is 111 cm³/mol. The molecule has 0 bridgehead atoms. The van der Waals surface area contributed by atoms with Crippen molar-refractivity contribution in [2.45, 2.75) is 20.0 Å². The molecule has 0 saturated carbocycles. The van der Waals surface area contributed by atoms with Crippen LogP contribution in [-0.4, -0.2) is 36.6 Å². The number of rotatable bonds is 8. The van der Waals surface area contributed by atoms with Gasteiger partial charge >= 0.3 is 5.97 Å². The smallest absolute Gasteiger partial charge is 0.346 e. The number of hydrogen-bond donors (Lipinski definition) is 1. The van der Waals surface area contributed by atoms with E-state index in [9.17, 15) is 19.7 Å². The summed E-state index contributed by atoms with van der Waals surface area (Å²) >= 11 is 11.9. The molecule has 0 spiro atoms. The molecule has 0 radical (unpaired) electrons. The average Bonchev–Trinajstić information content (AvgIpc) is 2.71. The summed E-state index contributed by atoms with van der Waals surface area (Å²) in [5, 5.41) is 14.2. The van der Waals surface area contributed by atoms with Crippen LogP contribution in [0.5, 0.6) is 11.5 Å². The van der Waals surface area contributed by atoms with E-state index in [4.69, 9.17) is 37.4 Å². The molecule has 9 nitrogen and oxygen atoms in total. The van der Waals surface area contributed by atoms with E-state index >= 15 is 0 Å². The predicted octanol–water partition coefficient (Wildman–Crippen LogP) is 4.49. The van der Waals surface area contributed by atoms with E-state index in [1.165, 1.54) is 20.1 Å². The summed E-state index contributed by atoms with van der Waals surface area (Å²) < 4.78 is 15.5. The van der Waals surface area contributed by atoms with Crippen molar-refractivity contribution in [3.8, 4) is 11.5 Å². The van der Waals surface area contributed by atoms with E-state index < -0.39 is 28.6 Å². The van der Waals surface area contributed by atoms with Gasteiger partial charge < -0.3 is 19.5 Å². The van der Waals surface area contributed by atoms with Gasteiger partial charge in [0.1, 0.15) is 5.56 Å². The second-order valence-corrected chi connectivity index (χ2v) is 6.63. The minimum absolute atomic E-state index is 0.102. The Kier molecular flexibility index (Phi) is 7.85. The van der Waals surface area contributed by atoms with Crippen LogP contribution in [-0.2, 0) is 9.53 Å². The zero-order chi connectivity index (χ0) is 22.4. The Labute approximate surface area is 182 Å². The van der Waals surface area contributed by atoms with Crippen LogP contribution in [0.25, 0.3) is 0 Å². The number of hydrogen-bond acceptors (Lipinski definition) is 7. The molecule has 1 N–H and O–H groups in total. The van der Waals surface area contributed by atoms with Crippen molar-refractivity contribution in [3.05, 3.63) is 56.1 Å². The molecule has 1 amide bonds. The maximum Gasteiger partial charge on any atom is 0.346 e. The molecule has 1 atom stereocenters. The fourth-order valence-electron chi connectivity index (χ4n) is 2.40. The number of nitro benzene ring substituents is 1. The Hall–Kier alpha value is -3.04. The van der Waals surface area contributed by atoms with Gasteiger partial charge in [0.25, 0.3) is 11.6 Å². The Morgan fingerprint density at radius 2 is 1.93 bits per heavy atom. The molecule has 0 aliphatic carbocycles. The Balaban J connectivity index is 2.24. The number of halogens is 2. The molecule has 0 saturated heterocycles. The van der Waals surface area contributed by atoms with E-state index in [0.717, 1.165) is 12.1 Å². The minimum Gasteiger partial charge on any atom is -0.493 e. The number of anilines is 1. The Bertz CT molecular complexity index is 982. The number of nitro groups is 1. The van der Waals surface area contributed by atoms with E-state index in [-0.39, 0.29) is 39.4 Å². The topological polar surface area (TPSA) is 117 Å². The fourth-order valence-corrected chi connectivity index (χ4v) is 2.75. The second-order valence-electron chi connectivity index (χ2n) is 5.85. The fraction of sp³-hybridized carbons (Fsp3) is 0.263. The maximum absolute atomic E-state index is 12.5. The third kappa shape index (κ3) is 5.31. The van der Waals surface area contributed by atoms with E-state index in [2.05, 4.69) is 5.32 Å². The standard InChI is InChI=1S/C19H18Cl2N2O7/c1-4-29-16-9-14(23(26)27)11(8-15(16)28-3)19(25)30-10(2)18(24)22-13-7-5-6-12(20)17(13)21/h5-10H,4H2,1-3H3,(H,22,24). The highest BCUT2D eigenvalue weighted by Crippen LogP contribution is 2.35. The molecule has 0 heterocycles. The third-order valence-electron chi connectivity index (χ3n) is 3.86. The van der Waals surface area contributed by atoms with Gasteiger partial charge in [0.2, 0.25) is 0 Å². The van der Waals surface area contributed by atoms with Gasteiger partial charge in [-0.05, 0) is 26.0 Å². The minimum atomic E-state index is -1.29. The van der Waals surface area contributed by atoms with E-state index in [0.29, 0.717) is 0 Å². The molecule has 2 aromatic carbocycles. The quantitative estimate of drug-likeness (QED) is 0.353. The summed E-state index contributed by atoms with van der Waals surface area (Å²) in [7, 11) is 1.32. The number of esters is 1. The first-order chi connectivity index (χ1) is 14.2. The lowest BCUT2D eigenvalue weighted by Gasteiger charge is -2.15. The SMILES string of the molecule is CCOc1cc([N+](=O)[O-])c(C(=O)OC(C)C(=O)Nc2cccc(Cl)c2Cl)cc1OC. The number of methoxy groups -OCH3 is 1. The van der Waals surface area contributed by atoms with Crippen LogP contribution >= 0.6 is 23.2 Å².